The van der Waals surface area contributed by atoms with Crippen LogP contribution in [0.5, 0.6) is 0 Å². The van der Waals surface area contributed by atoms with Gasteiger partial charge in [-0.05, 0) is 0 Å². The van der Waals surface area contributed by atoms with E-state index in [1.807, 2.05) is 19.6 Å². The van der Waals surface area contributed by atoms with Crippen LogP contribution in [0.2, 0.25) is 19.6 Å². The van der Waals surface area contributed by atoms with Crippen LogP contribution in [0.1, 0.15) is 0 Å². The second kappa shape index (κ2) is 4.47. The fraction of sp³-hybridized carbons (Fsp3) is 0.333. The molecule has 0 bridgehead atoms. The molecule has 0 heterocycles. The van der Waals surface area contributed by atoms with Gasteiger partial charge < -0.3 is 0 Å². The fourth-order valence-corrected chi connectivity index (χ4v) is 7.13. The van der Waals surface area contributed by atoms with Gasteiger partial charge in [-0.3, -0.25) is 0 Å². The molecule has 0 aliphatic carbocycles. The van der Waals surface area contributed by atoms with Crippen molar-refractivity contribution in [2.45, 2.75) is 19.6 Å². The predicted molar refractivity (Wildman–Crippen MR) is 55.0 cm³/mol. The summed E-state index contributed by atoms with van der Waals surface area (Å²) in [6.45, 7) is 3.53. The van der Waals surface area contributed by atoms with Crippen LogP contribution >= 0.6 is 0 Å². The van der Waals surface area contributed by atoms with E-state index in [4.69, 9.17) is 0 Å². The van der Waals surface area contributed by atoms with Crippen LogP contribution in [-0.2, 0) is 0 Å². The molecule has 7 heteroatoms. The van der Waals surface area contributed by atoms with Crippen molar-refractivity contribution in [3.63, 3.8) is 0 Å². The summed E-state index contributed by atoms with van der Waals surface area (Å²) in [7, 11) is 0. The maximum atomic E-state index is 13.2. The first-order valence-corrected chi connectivity index (χ1v) is 11.2. The van der Waals surface area contributed by atoms with E-state index in [0.717, 1.165) is 0 Å². The Morgan fingerprint density at radius 2 is 1.00 bits per heavy atom. The van der Waals surface area contributed by atoms with Crippen LogP contribution < -0.4 is 4.46 Å². The van der Waals surface area contributed by atoms with Crippen molar-refractivity contribution >= 4 is 25.5 Å². The van der Waals surface area contributed by atoms with Crippen molar-refractivity contribution in [3.05, 3.63) is 29.1 Å². The van der Waals surface area contributed by atoms with E-state index in [1.54, 1.807) is 0 Å². The first-order valence-electron chi connectivity index (χ1n) is 4.35. The Hall–Kier alpha value is -0.394. The van der Waals surface area contributed by atoms with E-state index in [0.29, 0.717) is 0 Å². The summed E-state index contributed by atoms with van der Waals surface area (Å²) in [5.41, 5.74) is 0. The molecule has 0 aliphatic rings. The number of rotatable bonds is 2. The van der Waals surface area contributed by atoms with Crippen LogP contribution in [0.15, 0.2) is 0 Å². The van der Waals surface area contributed by atoms with Crippen molar-refractivity contribution in [1.82, 2.24) is 0 Å². The molecule has 90 valence electrons. The molecule has 0 spiro atoms. The molecule has 1 aromatic rings. The maximum absolute atomic E-state index is 13.2. The van der Waals surface area contributed by atoms with E-state index in [2.05, 4.69) is 0 Å². The van der Waals surface area contributed by atoms with Gasteiger partial charge in [0, 0.05) is 0 Å². The van der Waals surface area contributed by atoms with Crippen molar-refractivity contribution in [3.8, 4) is 0 Å². The molecule has 0 radical (unpaired) electrons. The Kier molecular flexibility index (Phi) is 3.82. The second-order valence-electron chi connectivity index (χ2n) is 4.11. The Bertz CT molecular complexity index is 398. The van der Waals surface area contributed by atoms with Gasteiger partial charge in [-0.15, -0.1) is 0 Å². The van der Waals surface area contributed by atoms with Gasteiger partial charge in [-0.2, -0.15) is 0 Å². The zero-order chi connectivity index (χ0) is 12.7. The van der Waals surface area contributed by atoms with E-state index in [-0.39, 0.29) is 0 Å². The van der Waals surface area contributed by atoms with Gasteiger partial charge in [0.1, 0.15) is 0 Å². The molecule has 0 fully saturated rings. The summed E-state index contributed by atoms with van der Waals surface area (Å²) in [5, 5.41) is 0. The van der Waals surface area contributed by atoms with E-state index in [1.165, 1.54) is 0 Å². The number of halogens is 5. The molecule has 16 heavy (non-hydrogen) atoms. The summed E-state index contributed by atoms with van der Waals surface area (Å²) in [6, 6.07) is 0. The topological polar surface area (TPSA) is 0 Å². The SMILES string of the molecule is C[Si](C)(C)[Se]c1c(F)c(F)c(F)c(F)c1F. The van der Waals surface area contributed by atoms with Crippen LogP contribution in [0, 0.1) is 29.1 Å². The van der Waals surface area contributed by atoms with Crippen molar-refractivity contribution in [2.75, 3.05) is 0 Å². The molecule has 0 N–H and O–H groups in total. The minimum absolute atomic E-state index is 0.636. The quantitative estimate of drug-likeness (QED) is 0.340. The molecule has 0 saturated heterocycles. The Balaban J connectivity index is 3.40. The molecule has 0 saturated carbocycles. The van der Waals surface area contributed by atoms with E-state index in [9.17, 15) is 22.0 Å². The fourth-order valence-electron chi connectivity index (χ4n) is 0.981. The zero-order valence-electron chi connectivity index (χ0n) is 8.80. The molecular formula is C9H9F5SeSi. The number of hydrogen-bond acceptors (Lipinski definition) is 0. The Morgan fingerprint density at radius 1 is 0.688 bits per heavy atom. The molecule has 0 atom stereocenters. The van der Waals surface area contributed by atoms with Crippen molar-refractivity contribution in [2.24, 2.45) is 0 Å². The van der Waals surface area contributed by atoms with Crippen molar-refractivity contribution < 1.29 is 22.0 Å². The molecule has 1 rings (SSSR count). The second-order valence-corrected chi connectivity index (χ2v) is 18.4. The standard InChI is InChI=1S/C9H9F5SeSi/c1-16(2,3)15-9-7(13)5(11)4(10)6(12)8(9)14/h1-3H3. The molecule has 0 amide bonds. The summed E-state index contributed by atoms with van der Waals surface area (Å²) in [6.07, 6.45) is 0. The number of benzene rings is 1. The molecule has 0 nitrogen and oxygen atoms in total. The Morgan fingerprint density at radius 3 is 1.31 bits per heavy atom. The third-order valence-corrected chi connectivity index (χ3v) is 8.29. The first kappa shape index (κ1) is 13.7. The van der Waals surface area contributed by atoms with Gasteiger partial charge in [-0.25, -0.2) is 0 Å². The summed E-state index contributed by atoms with van der Waals surface area (Å²) >= 11 is -0.698. The van der Waals surface area contributed by atoms with Crippen molar-refractivity contribution in [1.29, 1.82) is 0 Å². The monoisotopic (exact) mass is 320 g/mol. The molecular weight excluding hydrogens is 310 g/mol. The van der Waals surface area contributed by atoms with Crippen LogP contribution in [0.4, 0.5) is 22.0 Å². The van der Waals surface area contributed by atoms with Gasteiger partial charge in [0.2, 0.25) is 0 Å². The predicted octanol–water partition coefficient (Wildman–Crippen LogP) is 2.55. The number of hydrogen-bond donors (Lipinski definition) is 0. The van der Waals surface area contributed by atoms with Gasteiger partial charge in [0.25, 0.3) is 0 Å². The third-order valence-electron chi connectivity index (χ3n) is 1.58. The summed E-state index contributed by atoms with van der Waals surface area (Å²) in [4.78, 5) is 0. The van der Waals surface area contributed by atoms with E-state index >= 15 is 0 Å². The molecule has 1 aromatic carbocycles. The molecule has 0 aromatic heterocycles. The Labute approximate surface area is 96.5 Å². The third kappa shape index (κ3) is 2.64. The van der Waals surface area contributed by atoms with Crippen LogP contribution in [-0.4, -0.2) is 21.0 Å². The van der Waals surface area contributed by atoms with Gasteiger partial charge in [-0.1, -0.05) is 0 Å². The molecule has 0 unspecified atom stereocenters. The molecule has 0 aliphatic heterocycles. The summed E-state index contributed by atoms with van der Waals surface area (Å²) in [5.74, 6) is -9.16. The van der Waals surface area contributed by atoms with E-state index < -0.39 is 54.5 Å². The first-order chi connectivity index (χ1) is 7.15. The van der Waals surface area contributed by atoms with Gasteiger partial charge >= 0.3 is 96.1 Å². The normalized spacial score (nSPS) is 12.0. The van der Waals surface area contributed by atoms with Crippen LogP contribution in [0.25, 0.3) is 0 Å². The van der Waals surface area contributed by atoms with Crippen LogP contribution in [0.3, 0.4) is 0 Å². The van der Waals surface area contributed by atoms with Gasteiger partial charge in [0.05, 0.1) is 0 Å². The van der Waals surface area contributed by atoms with Gasteiger partial charge in [0.15, 0.2) is 0 Å². The average Bonchev–Trinajstić information content (AvgIpc) is 2.17. The average molecular weight is 319 g/mol. The zero-order valence-corrected chi connectivity index (χ0v) is 11.5. The summed E-state index contributed by atoms with van der Waals surface area (Å²) < 4.78 is 64.3. The minimum atomic E-state index is -2.09.